The summed E-state index contributed by atoms with van der Waals surface area (Å²) in [7, 11) is 0. The molecule has 1 aliphatic heterocycles. The standard InChI is InChI=1S/C18H13ClFN3.2C4H4O4/c1-11-21-9-13-10-22-18(14-4-2-3-5-16(14)20)15-8-12(19)6-7-17(15)23(11)13;2*5-3(6)1-2-4(7)8/h2-9H,10H2,1H3;2*1-2H,(H,5,6)(H,7,8)/b;2*2-1-. The number of imidazole rings is 1. The van der Waals surface area contributed by atoms with Crippen molar-refractivity contribution in [2.45, 2.75) is 13.5 Å². The van der Waals surface area contributed by atoms with Crippen LogP contribution in [-0.2, 0) is 25.7 Å². The van der Waals surface area contributed by atoms with Gasteiger partial charge in [-0.3, -0.25) is 9.56 Å². The molecule has 0 unspecified atom stereocenters. The van der Waals surface area contributed by atoms with Gasteiger partial charge in [-0.25, -0.2) is 28.6 Å². The van der Waals surface area contributed by atoms with Crippen LogP contribution in [0.4, 0.5) is 4.39 Å². The molecule has 3 aromatic rings. The number of fused-ring (bicyclic) bond motifs is 3. The zero-order valence-corrected chi connectivity index (χ0v) is 20.9. The number of aliphatic carboxylic acids is 4. The number of nitrogens with zero attached hydrogens (tertiary/aromatic N) is 3. The lowest BCUT2D eigenvalue weighted by Crippen LogP contribution is -2.09. The molecule has 13 heteroatoms. The highest BCUT2D eigenvalue weighted by Gasteiger charge is 2.22. The SMILES string of the molecule is Cc1ncc2n1-c1ccc(Cl)cc1C(c1ccccc1F)=NC2.O=C(O)/C=C\C(=O)O.O=C(O)/C=C\C(=O)O. The topological polar surface area (TPSA) is 179 Å². The summed E-state index contributed by atoms with van der Waals surface area (Å²) >= 11 is 6.19. The van der Waals surface area contributed by atoms with Crippen molar-refractivity contribution >= 4 is 41.2 Å². The monoisotopic (exact) mass is 557 g/mol. The van der Waals surface area contributed by atoms with Crippen LogP contribution in [0.1, 0.15) is 22.6 Å². The van der Waals surface area contributed by atoms with E-state index in [9.17, 15) is 23.6 Å². The third kappa shape index (κ3) is 9.05. The Kier molecular flexibility index (Phi) is 10.8. The van der Waals surface area contributed by atoms with Crippen molar-refractivity contribution in [1.82, 2.24) is 9.55 Å². The van der Waals surface area contributed by atoms with Crippen LogP contribution in [0.2, 0.25) is 5.02 Å². The minimum absolute atomic E-state index is 0.293. The van der Waals surface area contributed by atoms with Crippen molar-refractivity contribution in [3.05, 3.63) is 106 Å². The molecule has 11 nitrogen and oxygen atoms in total. The van der Waals surface area contributed by atoms with Gasteiger partial charge in [0.05, 0.1) is 29.8 Å². The third-order valence-electron chi connectivity index (χ3n) is 4.73. The van der Waals surface area contributed by atoms with Gasteiger partial charge in [0.2, 0.25) is 0 Å². The highest BCUT2D eigenvalue weighted by molar-refractivity contribution is 6.31. The van der Waals surface area contributed by atoms with Gasteiger partial charge < -0.3 is 20.4 Å². The van der Waals surface area contributed by atoms with Gasteiger partial charge in [-0.15, -0.1) is 0 Å². The Hall–Kier alpha value is -5.10. The number of rotatable bonds is 5. The first-order chi connectivity index (χ1) is 18.4. The summed E-state index contributed by atoms with van der Waals surface area (Å²) in [5.74, 6) is -4.45. The number of aromatic nitrogens is 2. The molecule has 0 saturated carbocycles. The molecule has 0 saturated heterocycles. The smallest absolute Gasteiger partial charge is 0.328 e. The van der Waals surface area contributed by atoms with Gasteiger partial charge in [-0.2, -0.15) is 0 Å². The van der Waals surface area contributed by atoms with E-state index in [4.69, 9.17) is 32.0 Å². The fourth-order valence-electron chi connectivity index (χ4n) is 3.24. The number of carboxylic acid groups (broad SMARTS) is 4. The van der Waals surface area contributed by atoms with Gasteiger partial charge in [-0.05, 0) is 37.3 Å². The summed E-state index contributed by atoms with van der Waals surface area (Å²) in [5, 5.41) is 31.8. The summed E-state index contributed by atoms with van der Waals surface area (Å²) in [6, 6.07) is 12.3. The quantitative estimate of drug-likeness (QED) is 0.340. The molecule has 202 valence electrons. The molecule has 2 heterocycles. The number of aryl methyl sites for hydroxylation is 1. The van der Waals surface area contributed by atoms with E-state index in [-0.39, 0.29) is 5.82 Å². The molecule has 0 radical (unpaired) electrons. The van der Waals surface area contributed by atoms with Crippen LogP contribution >= 0.6 is 11.6 Å². The Labute approximate surface area is 225 Å². The van der Waals surface area contributed by atoms with Crippen LogP contribution in [0.25, 0.3) is 5.69 Å². The van der Waals surface area contributed by atoms with E-state index in [1.54, 1.807) is 12.1 Å². The number of carboxylic acids is 4. The van der Waals surface area contributed by atoms with Gasteiger partial charge in [-0.1, -0.05) is 23.7 Å². The molecule has 39 heavy (non-hydrogen) atoms. The highest BCUT2D eigenvalue weighted by atomic mass is 35.5. The van der Waals surface area contributed by atoms with Gasteiger partial charge in [0.15, 0.2) is 0 Å². The maximum absolute atomic E-state index is 14.3. The summed E-state index contributed by atoms with van der Waals surface area (Å²) in [6.45, 7) is 2.38. The van der Waals surface area contributed by atoms with E-state index in [0.717, 1.165) is 22.8 Å². The van der Waals surface area contributed by atoms with Crippen molar-refractivity contribution in [2.24, 2.45) is 4.99 Å². The molecule has 0 amide bonds. The lowest BCUT2D eigenvalue weighted by Gasteiger charge is -2.14. The summed E-state index contributed by atoms with van der Waals surface area (Å²) in [5.41, 5.74) is 3.79. The van der Waals surface area contributed by atoms with E-state index in [0.29, 0.717) is 47.1 Å². The highest BCUT2D eigenvalue weighted by Crippen LogP contribution is 2.29. The number of hydrogen-bond acceptors (Lipinski definition) is 6. The van der Waals surface area contributed by atoms with Crippen LogP contribution in [0.15, 0.2) is 78.0 Å². The Morgan fingerprint density at radius 3 is 1.92 bits per heavy atom. The lowest BCUT2D eigenvalue weighted by molar-refractivity contribution is -0.134. The lowest BCUT2D eigenvalue weighted by atomic mass is 10.00. The number of halogens is 2. The van der Waals surface area contributed by atoms with Crippen LogP contribution < -0.4 is 0 Å². The van der Waals surface area contributed by atoms with Crippen molar-refractivity contribution in [1.29, 1.82) is 0 Å². The van der Waals surface area contributed by atoms with Gasteiger partial charge in [0, 0.05) is 40.5 Å². The number of hydrogen-bond donors (Lipinski definition) is 4. The molecule has 1 aliphatic rings. The van der Waals surface area contributed by atoms with Crippen LogP contribution in [-0.4, -0.2) is 59.6 Å². The average Bonchev–Trinajstić information content (AvgIpc) is 3.15. The second-order valence-electron chi connectivity index (χ2n) is 7.46. The first kappa shape index (κ1) is 30.1. The van der Waals surface area contributed by atoms with E-state index < -0.39 is 23.9 Å². The average molecular weight is 558 g/mol. The van der Waals surface area contributed by atoms with Gasteiger partial charge in [0.25, 0.3) is 0 Å². The van der Waals surface area contributed by atoms with Crippen molar-refractivity contribution in [2.75, 3.05) is 0 Å². The summed E-state index contributed by atoms with van der Waals surface area (Å²) < 4.78 is 16.3. The summed E-state index contributed by atoms with van der Waals surface area (Å²) in [4.78, 5) is 47.2. The molecule has 0 atom stereocenters. The van der Waals surface area contributed by atoms with Crippen molar-refractivity contribution < 1.29 is 44.0 Å². The molecule has 4 N–H and O–H groups in total. The van der Waals surface area contributed by atoms with E-state index >= 15 is 0 Å². The first-order valence-electron chi connectivity index (χ1n) is 10.8. The minimum Gasteiger partial charge on any atom is -0.478 e. The second-order valence-corrected chi connectivity index (χ2v) is 7.89. The summed E-state index contributed by atoms with van der Waals surface area (Å²) in [6.07, 6.45) is 4.04. The zero-order valence-electron chi connectivity index (χ0n) is 20.2. The van der Waals surface area contributed by atoms with E-state index in [2.05, 4.69) is 9.98 Å². The van der Waals surface area contributed by atoms with Gasteiger partial charge in [0.1, 0.15) is 11.6 Å². The van der Waals surface area contributed by atoms with Crippen LogP contribution in [0.5, 0.6) is 0 Å². The largest absolute Gasteiger partial charge is 0.478 e. The maximum atomic E-state index is 14.3. The molecular weight excluding hydrogens is 537 g/mol. The molecule has 1 aromatic heterocycles. The second kappa shape index (κ2) is 14.0. The molecule has 0 bridgehead atoms. The van der Waals surface area contributed by atoms with Crippen LogP contribution in [0.3, 0.4) is 0 Å². The third-order valence-corrected chi connectivity index (χ3v) is 4.97. The Morgan fingerprint density at radius 1 is 0.872 bits per heavy atom. The Bertz CT molecular complexity index is 1430. The van der Waals surface area contributed by atoms with E-state index in [1.807, 2.05) is 42.0 Å². The first-order valence-corrected chi connectivity index (χ1v) is 11.2. The number of carbonyl (C=O) groups is 4. The molecule has 4 rings (SSSR count). The fraction of sp³-hybridized carbons (Fsp3) is 0.0769. The number of aliphatic imine (C=N–C) groups is 1. The molecule has 0 spiro atoms. The predicted molar refractivity (Wildman–Crippen MR) is 138 cm³/mol. The fourth-order valence-corrected chi connectivity index (χ4v) is 3.41. The zero-order chi connectivity index (χ0) is 29.1. The van der Waals surface area contributed by atoms with Gasteiger partial charge >= 0.3 is 23.9 Å². The number of benzene rings is 2. The Morgan fingerprint density at radius 2 is 1.41 bits per heavy atom. The van der Waals surface area contributed by atoms with Crippen LogP contribution in [0, 0.1) is 12.7 Å². The van der Waals surface area contributed by atoms with Crippen molar-refractivity contribution in [3.63, 3.8) is 0 Å². The van der Waals surface area contributed by atoms with Crippen molar-refractivity contribution in [3.8, 4) is 5.69 Å². The molecule has 2 aromatic carbocycles. The molecule has 0 aliphatic carbocycles. The Balaban J connectivity index is 0.000000277. The molecular formula is C26H21ClFN3O8. The minimum atomic E-state index is -1.26. The molecule has 0 fully saturated rings. The normalized spacial score (nSPS) is 11.6. The predicted octanol–water partition coefficient (Wildman–Crippen LogP) is 3.75. The van der Waals surface area contributed by atoms with E-state index in [1.165, 1.54) is 6.07 Å². The maximum Gasteiger partial charge on any atom is 0.328 e.